The van der Waals surface area contributed by atoms with Gasteiger partial charge in [0, 0.05) is 31.1 Å². The summed E-state index contributed by atoms with van der Waals surface area (Å²) in [6.45, 7) is 4.66. The number of rotatable bonds is 2. The van der Waals surface area contributed by atoms with E-state index in [1.54, 1.807) is 0 Å². The zero-order chi connectivity index (χ0) is 8.81. The molecule has 2 amide bonds. The van der Waals surface area contributed by atoms with Crippen molar-refractivity contribution in [2.75, 3.05) is 31.1 Å². The average molecular weight is 188 g/mol. The molecule has 70 valence electrons. The van der Waals surface area contributed by atoms with Crippen molar-refractivity contribution in [1.82, 2.24) is 10.2 Å². The van der Waals surface area contributed by atoms with Gasteiger partial charge < -0.3 is 10.2 Å². The molecule has 0 aliphatic carbocycles. The van der Waals surface area contributed by atoms with Gasteiger partial charge in [-0.05, 0) is 6.42 Å². The number of hydrogen-bond acceptors (Lipinski definition) is 2. The number of thioether (sulfide) groups is 1. The molecule has 1 aliphatic heterocycles. The normalized spacial score (nSPS) is 17.6. The lowest BCUT2D eigenvalue weighted by atomic mass is 10.5. The fourth-order valence-electron chi connectivity index (χ4n) is 1.11. The second-order valence-corrected chi connectivity index (χ2v) is 4.06. The fraction of sp³-hybridized carbons (Fsp3) is 0.875. The molecule has 1 N–H and O–H groups in total. The van der Waals surface area contributed by atoms with E-state index in [9.17, 15) is 4.79 Å². The Labute approximate surface area is 77.9 Å². The van der Waals surface area contributed by atoms with Gasteiger partial charge >= 0.3 is 6.03 Å². The minimum absolute atomic E-state index is 0.108. The van der Waals surface area contributed by atoms with Crippen molar-refractivity contribution in [3.05, 3.63) is 0 Å². The highest BCUT2D eigenvalue weighted by Crippen LogP contribution is 2.08. The van der Waals surface area contributed by atoms with Crippen molar-refractivity contribution in [3.8, 4) is 0 Å². The van der Waals surface area contributed by atoms with Gasteiger partial charge in [0.05, 0.1) is 0 Å². The van der Waals surface area contributed by atoms with Gasteiger partial charge in [0.2, 0.25) is 0 Å². The summed E-state index contributed by atoms with van der Waals surface area (Å²) >= 11 is 1.92. The first-order valence-electron chi connectivity index (χ1n) is 4.45. The Morgan fingerprint density at radius 3 is 2.75 bits per heavy atom. The van der Waals surface area contributed by atoms with Crippen LogP contribution in [0, 0.1) is 0 Å². The molecule has 12 heavy (non-hydrogen) atoms. The van der Waals surface area contributed by atoms with E-state index in [-0.39, 0.29) is 6.03 Å². The van der Waals surface area contributed by atoms with Crippen LogP contribution in [0.25, 0.3) is 0 Å². The van der Waals surface area contributed by atoms with Crippen LogP contribution in [0.1, 0.15) is 13.3 Å². The maximum Gasteiger partial charge on any atom is 0.317 e. The first-order valence-corrected chi connectivity index (χ1v) is 5.60. The summed E-state index contributed by atoms with van der Waals surface area (Å²) in [5.74, 6) is 2.17. The van der Waals surface area contributed by atoms with Gasteiger partial charge in [0.25, 0.3) is 0 Å². The number of carbonyl (C=O) groups excluding carboxylic acids is 1. The van der Waals surface area contributed by atoms with Gasteiger partial charge in [-0.1, -0.05) is 6.92 Å². The monoisotopic (exact) mass is 188 g/mol. The molecule has 0 aromatic rings. The molecule has 0 saturated carbocycles. The van der Waals surface area contributed by atoms with E-state index in [4.69, 9.17) is 0 Å². The van der Waals surface area contributed by atoms with Crippen LogP contribution in [-0.4, -0.2) is 42.1 Å². The van der Waals surface area contributed by atoms with E-state index in [0.29, 0.717) is 0 Å². The van der Waals surface area contributed by atoms with Gasteiger partial charge in [-0.15, -0.1) is 0 Å². The molecule has 0 aromatic carbocycles. The van der Waals surface area contributed by atoms with Gasteiger partial charge in [-0.3, -0.25) is 0 Å². The second-order valence-electron chi connectivity index (χ2n) is 2.83. The Balaban J connectivity index is 2.20. The predicted molar refractivity (Wildman–Crippen MR) is 52.6 cm³/mol. The summed E-state index contributed by atoms with van der Waals surface area (Å²) in [4.78, 5) is 13.3. The van der Waals surface area contributed by atoms with Gasteiger partial charge in [0.1, 0.15) is 0 Å². The summed E-state index contributed by atoms with van der Waals surface area (Å²) in [6.07, 6.45) is 1.01. The maximum absolute atomic E-state index is 11.4. The fourth-order valence-corrected chi connectivity index (χ4v) is 2.01. The minimum atomic E-state index is 0.108. The predicted octanol–water partition coefficient (Wildman–Crippen LogP) is 1.15. The lowest BCUT2D eigenvalue weighted by Gasteiger charge is -2.26. The Kier molecular flexibility index (Phi) is 4.29. The van der Waals surface area contributed by atoms with Crippen LogP contribution in [0.3, 0.4) is 0 Å². The van der Waals surface area contributed by atoms with Crippen LogP contribution in [0.5, 0.6) is 0 Å². The first-order chi connectivity index (χ1) is 5.84. The highest BCUT2D eigenvalue weighted by Gasteiger charge is 2.15. The zero-order valence-electron chi connectivity index (χ0n) is 7.51. The average Bonchev–Trinajstić information content (AvgIpc) is 2.15. The van der Waals surface area contributed by atoms with Gasteiger partial charge in [-0.25, -0.2) is 4.79 Å². The Morgan fingerprint density at radius 2 is 2.17 bits per heavy atom. The third-order valence-corrected chi connectivity index (χ3v) is 2.77. The van der Waals surface area contributed by atoms with Crippen molar-refractivity contribution in [3.63, 3.8) is 0 Å². The molecule has 1 rings (SSSR count). The summed E-state index contributed by atoms with van der Waals surface area (Å²) < 4.78 is 0. The van der Waals surface area contributed by atoms with Crippen LogP contribution in [0.2, 0.25) is 0 Å². The van der Waals surface area contributed by atoms with Crippen LogP contribution in [0.15, 0.2) is 0 Å². The number of carbonyl (C=O) groups is 1. The smallest absolute Gasteiger partial charge is 0.317 e. The highest BCUT2D eigenvalue weighted by atomic mass is 32.2. The molecule has 4 heteroatoms. The quantitative estimate of drug-likeness (QED) is 0.705. The molecule has 1 heterocycles. The Bertz CT molecular complexity index is 146. The molecule has 1 aliphatic rings. The van der Waals surface area contributed by atoms with Gasteiger partial charge in [-0.2, -0.15) is 11.8 Å². The molecule has 0 bridgehead atoms. The highest BCUT2D eigenvalue weighted by molar-refractivity contribution is 7.99. The van der Waals surface area contributed by atoms with Crippen LogP contribution < -0.4 is 5.32 Å². The second kappa shape index (κ2) is 5.30. The maximum atomic E-state index is 11.4. The Morgan fingerprint density at radius 1 is 1.50 bits per heavy atom. The van der Waals surface area contributed by atoms with E-state index < -0.39 is 0 Å². The Hall–Kier alpha value is -0.380. The van der Waals surface area contributed by atoms with Crippen molar-refractivity contribution >= 4 is 17.8 Å². The molecule has 0 spiro atoms. The molecule has 0 aromatic heterocycles. The standard InChI is InChI=1S/C8H16N2OS/c1-2-3-9-8(11)10-4-6-12-7-5-10/h2-7H2,1H3,(H,9,11). The minimum Gasteiger partial charge on any atom is -0.338 e. The number of nitrogens with zero attached hydrogens (tertiary/aromatic N) is 1. The molecule has 3 nitrogen and oxygen atoms in total. The lowest BCUT2D eigenvalue weighted by Crippen LogP contribution is -2.44. The molecule has 1 saturated heterocycles. The molecular formula is C8H16N2OS. The number of nitrogens with one attached hydrogen (secondary N) is 1. The van der Waals surface area contributed by atoms with Crippen LogP contribution >= 0.6 is 11.8 Å². The van der Waals surface area contributed by atoms with Crippen molar-refractivity contribution < 1.29 is 4.79 Å². The van der Waals surface area contributed by atoms with E-state index in [1.807, 2.05) is 16.7 Å². The number of urea groups is 1. The summed E-state index contributed by atoms with van der Waals surface area (Å²) in [6, 6.07) is 0.108. The summed E-state index contributed by atoms with van der Waals surface area (Å²) in [7, 11) is 0. The van der Waals surface area contributed by atoms with E-state index in [1.165, 1.54) is 0 Å². The van der Waals surface area contributed by atoms with Crippen molar-refractivity contribution in [1.29, 1.82) is 0 Å². The molecular weight excluding hydrogens is 172 g/mol. The number of amides is 2. The third kappa shape index (κ3) is 2.93. The van der Waals surface area contributed by atoms with E-state index in [0.717, 1.165) is 37.6 Å². The van der Waals surface area contributed by atoms with Gasteiger partial charge in [0.15, 0.2) is 0 Å². The summed E-state index contributed by atoms with van der Waals surface area (Å²) in [5.41, 5.74) is 0. The van der Waals surface area contributed by atoms with Crippen molar-refractivity contribution in [2.24, 2.45) is 0 Å². The molecule has 0 atom stereocenters. The molecule has 1 fully saturated rings. The first kappa shape index (κ1) is 9.71. The lowest BCUT2D eigenvalue weighted by molar-refractivity contribution is 0.203. The SMILES string of the molecule is CCCNC(=O)N1CCSCC1. The topological polar surface area (TPSA) is 32.3 Å². The van der Waals surface area contributed by atoms with Crippen molar-refractivity contribution in [2.45, 2.75) is 13.3 Å². The van der Waals surface area contributed by atoms with Crippen LogP contribution in [-0.2, 0) is 0 Å². The summed E-state index contributed by atoms with van der Waals surface area (Å²) in [5, 5.41) is 2.88. The van der Waals surface area contributed by atoms with E-state index >= 15 is 0 Å². The van der Waals surface area contributed by atoms with Crippen LogP contribution in [0.4, 0.5) is 4.79 Å². The van der Waals surface area contributed by atoms with E-state index in [2.05, 4.69) is 12.2 Å². The number of hydrogen-bond donors (Lipinski definition) is 1. The molecule has 0 radical (unpaired) electrons. The zero-order valence-corrected chi connectivity index (χ0v) is 8.32. The largest absolute Gasteiger partial charge is 0.338 e. The molecule has 0 unspecified atom stereocenters. The third-order valence-electron chi connectivity index (χ3n) is 1.82.